The average Bonchev–Trinajstić information content (AvgIpc) is 2.60. The maximum absolute atomic E-state index is 12.4. The molecule has 5 heteroatoms. The summed E-state index contributed by atoms with van der Waals surface area (Å²) in [5, 5.41) is 6.20. The van der Waals surface area contributed by atoms with Gasteiger partial charge in [-0.2, -0.15) is 0 Å². The number of carbonyl (C=O) groups excluding carboxylic acids is 2. The van der Waals surface area contributed by atoms with Crippen LogP contribution in [-0.4, -0.2) is 36.0 Å². The largest absolute Gasteiger partial charge is 0.341 e. The van der Waals surface area contributed by atoms with Crippen LogP contribution in [-0.2, 0) is 11.3 Å². The minimum absolute atomic E-state index is 0.0208. The van der Waals surface area contributed by atoms with Gasteiger partial charge in [0.05, 0.1) is 0 Å². The Labute approximate surface area is 161 Å². The van der Waals surface area contributed by atoms with Crippen LogP contribution in [0.4, 0.5) is 4.79 Å². The van der Waals surface area contributed by atoms with Gasteiger partial charge < -0.3 is 15.5 Å². The van der Waals surface area contributed by atoms with E-state index < -0.39 is 0 Å². The van der Waals surface area contributed by atoms with Crippen molar-refractivity contribution in [2.75, 3.05) is 13.6 Å². The second kappa shape index (κ2) is 7.53. The molecule has 4 fully saturated rings. The molecule has 4 bridgehead atoms. The van der Waals surface area contributed by atoms with Crippen molar-refractivity contribution in [2.45, 2.75) is 57.0 Å². The van der Waals surface area contributed by atoms with Crippen molar-refractivity contribution >= 4 is 11.9 Å². The van der Waals surface area contributed by atoms with Crippen molar-refractivity contribution in [1.29, 1.82) is 0 Å². The van der Waals surface area contributed by atoms with Crippen LogP contribution in [0.1, 0.15) is 50.5 Å². The first-order valence-corrected chi connectivity index (χ1v) is 10.4. The molecule has 4 saturated carbocycles. The van der Waals surface area contributed by atoms with Crippen molar-refractivity contribution in [3.8, 4) is 0 Å². The van der Waals surface area contributed by atoms with Crippen LogP contribution >= 0.6 is 0 Å². The van der Waals surface area contributed by atoms with Crippen LogP contribution in [0.25, 0.3) is 0 Å². The van der Waals surface area contributed by atoms with E-state index in [2.05, 4.69) is 10.6 Å². The first-order chi connectivity index (χ1) is 13.0. The second-order valence-electron chi connectivity index (χ2n) is 9.06. The third kappa shape index (κ3) is 4.28. The number of benzene rings is 1. The topological polar surface area (TPSA) is 61.4 Å². The van der Waals surface area contributed by atoms with Crippen molar-refractivity contribution in [1.82, 2.24) is 15.5 Å². The lowest BCUT2D eigenvalue weighted by atomic mass is 9.53. The number of hydrogen-bond acceptors (Lipinski definition) is 2. The predicted octanol–water partition coefficient (Wildman–Crippen LogP) is 3.30. The number of urea groups is 1. The van der Waals surface area contributed by atoms with Gasteiger partial charge in [0.15, 0.2) is 0 Å². The number of carbonyl (C=O) groups is 2. The Bertz CT molecular complexity index is 653. The fraction of sp³-hybridized carbons (Fsp3) is 0.636. The van der Waals surface area contributed by atoms with E-state index >= 15 is 0 Å². The molecule has 3 amide bonds. The molecule has 146 valence electrons. The highest BCUT2D eigenvalue weighted by Gasteiger charge is 2.51. The number of nitrogens with zero attached hydrogens (tertiary/aromatic N) is 1. The lowest BCUT2D eigenvalue weighted by molar-refractivity contribution is -0.130. The van der Waals surface area contributed by atoms with Crippen molar-refractivity contribution in [3.63, 3.8) is 0 Å². The zero-order valence-electron chi connectivity index (χ0n) is 16.2. The smallest absolute Gasteiger partial charge is 0.315 e. The molecule has 0 spiro atoms. The van der Waals surface area contributed by atoms with Crippen molar-refractivity contribution < 1.29 is 9.59 Å². The Morgan fingerprint density at radius 2 is 1.63 bits per heavy atom. The first kappa shape index (κ1) is 18.3. The summed E-state index contributed by atoms with van der Waals surface area (Å²) in [5.41, 5.74) is 1.13. The zero-order chi connectivity index (χ0) is 18.9. The summed E-state index contributed by atoms with van der Waals surface area (Å²) in [4.78, 5) is 26.4. The predicted molar refractivity (Wildman–Crippen MR) is 105 cm³/mol. The fourth-order valence-corrected chi connectivity index (χ4v) is 5.97. The van der Waals surface area contributed by atoms with Gasteiger partial charge in [0, 0.05) is 32.1 Å². The maximum atomic E-state index is 12.4. The van der Waals surface area contributed by atoms with Gasteiger partial charge in [-0.3, -0.25) is 4.79 Å². The van der Waals surface area contributed by atoms with Crippen LogP contribution in [0.15, 0.2) is 30.3 Å². The minimum Gasteiger partial charge on any atom is -0.341 e. The molecule has 5 nitrogen and oxygen atoms in total. The van der Waals surface area contributed by atoms with Crippen LogP contribution in [0, 0.1) is 17.8 Å². The summed E-state index contributed by atoms with van der Waals surface area (Å²) >= 11 is 0. The second-order valence-corrected chi connectivity index (χ2v) is 9.06. The van der Waals surface area contributed by atoms with Gasteiger partial charge in [-0.1, -0.05) is 30.3 Å². The Morgan fingerprint density at radius 3 is 2.22 bits per heavy atom. The van der Waals surface area contributed by atoms with E-state index in [9.17, 15) is 9.59 Å². The Morgan fingerprint density at radius 1 is 1.04 bits per heavy atom. The molecule has 5 rings (SSSR count). The molecule has 0 aliphatic heterocycles. The van der Waals surface area contributed by atoms with E-state index in [-0.39, 0.29) is 17.5 Å². The summed E-state index contributed by atoms with van der Waals surface area (Å²) in [5.74, 6) is 2.48. The van der Waals surface area contributed by atoms with Gasteiger partial charge in [0.25, 0.3) is 0 Å². The molecule has 27 heavy (non-hydrogen) atoms. The molecule has 2 N–H and O–H groups in total. The summed E-state index contributed by atoms with van der Waals surface area (Å²) in [6.45, 7) is 0.981. The first-order valence-electron chi connectivity index (χ1n) is 10.4. The van der Waals surface area contributed by atoms with Gasteiger partial charge in [-0.05, 0) is 61.8 Å². The third-order valence-electron chi connectivity index (χ3n) is 6.73. The molecule has 4 aliphatic rings. The van der Waals surface area contributed by atoms with Crippen molar-refractivity contribution in [2.24, 2.45) is 17.8 Å². The molecule has 1 aromatic carbocycles. The van der Waals surface area contributed by atoms with Gasteiger partial charge >= 0.3 is 6.03 Å². The quantitative estimate of drug-likeness (QED) is 0.808. The average molecular weight is 370 g/mol. The van der Waals surface area contributed by atoms with Crippen LogP contribution in [0.2, 0.25) is 0 Å². The number of amides is 3. The highest BCUT2D eigenvalue weighted by molar-refractivity contribution is 5.78. The molecule has 0 heterocycles. The molecule has 0 radical (unpaired) electrons. The monoisotopic (exact) mass is 369 g/mol. The highest BCUT2D eigenvalue weighted by atomic mass is 16.2. The minimum atomic E-state index is -0.101. The maximum Gasteiger partial charge on any atom is 0.315 e. The lowest BCUT2D eigenvalue weighted by Crippen LogP contribution is -2.61. The van der Waals surface area contributed by atoms with E-state index in [4.69, 9.17) is 0 Å². The summed E-state index contributed by atoms with van der Waals surface area (Å²) in [7, 11) is 1.81. The van der Waals surface area contributed by atoms with Crippen LogP contribution < -0.4 is 10.6 Å². The Hall–Kier alpha value is -2.04. The van der Waals surface area contributed by atoms with E-state index in [1.165, 1.54) is 19.3 Å². The molecule has 0 saturated heterocycles. The molecule has 1 aromatic rings. The van der Waals surface area contributed by atoms with Gasteiger partial charge in [-0.25, -0.2) is 4.79 Å². The van der Waals surface area contributed by atoms with Crippen LogP contribution in [0.5, 0.6) is 0 Å². The zero-order valence-corrected chi connectivity index (χ0v) is 16.2. The van der Waals surface area contributed by atoms with Gasteiger partial charge in [0.2, 0.25) is 5.91 Å². The normalized spacial score (nSPS) is 30.8. The summed E-state index contributed by atoms with van der Waals surface area (Å²) < 4.78 is 0. The number of nitrogens with one attached hydrogen (secondary N) is 2. The molecule has 0 unspecified atom stereocenters. The standard InChI is InChI=1S/C22H31N3O2/c1-25(15-16-5-3-2-4-6-16)20(26)7-8-23-21(27)24-22-12-17-9-18(13-22)11-19(10-17)14-22/h2-6,17-19H,7-15H2,1H3,(H2,23,24,27). The third-order valence-corrected chi connectivity index (χ3v) is 6.73. The summed E-state index contributed by atoms with van der Waals surface area (Å²) in [6.07, 6.45) is 7.86. The summed E-state index contributed by atoms with van der Waals surface area (Å²) in [6, 6.07) is 9.85. The number of hydrogen-bond donors (Lipinski definition) is 2. The van der Waals surface area contributed by atoms with E-state index in [0.29, 0.717) is 19.5 Å². The molecule has 0 aromatic heterocycles. The van der Waals surface area contributed by atoms with E-state index in [0.717, 1.165) is 42.6 Å². The van der Waals surface area contributed by atoms with E-state index in [1.807, 2.05) is 37.4 Å². The van der Waals surface area contributed by atoms with Crippen LogP contribution in [0.3, 0.4) is 0 Å². The van der Waals surface area contributed by atoms with Crippen molar-refractivity contribution in [3.05, 3.63) is 35.9 Å². The Kier molecular flexibility index (Phi) is 5.11. The lowest BCUT2D eigenvalue weighted by Gasteiger charge is -2.56. The molecule has 4 aliphatic carbocycles. The Balaban J connectivity index is 1.20. The molecular formula is C22H31N3O2. The van der Waals surface area contributed by atoms with Gasteiger partial charge in [0.1, 0.15) is 0 Å². The molecular weight excluding hydrogens is 338 g/mol. The SMILES string of the molecule is CN(Cc1ccccc1)C(=O)CCNC(=O)NC12CC3CC(CC(C3)C1)C2. The van der Waals surface area contributed by atoms with Gasteiger partial charge in [-0.15, -0.1) is 0 Å². The number of rotatable bonds is 6. The fourth-order valence-electron chi connectivity index (χ4n) is 5.97. The highest BCUT2D eigenvalue weighted by Crippen LogP contribution is 2.55. The molecule has 0 atom stereocenters. The van der Waals surface area contributed by atoms with E-state index in [1.54, 1.807) is 4.90 Å².